The molecule has 3 N–H and O–H groups in total. The highest BCUT2D eigenvalue weighted by molar-refractivity contribution is 7.89. The number of aliphatic hydroxyl groups excluding tert-OH is 1. The molecule has 0 aromatic heterocycles. The largest absolute Gasteiger partial charge is 0.491 e. The Morgan fingerprint density at radius 1 is 1.16 bits per heavy atom. The van der Waals surface area contributed by atoms with Crippen molar-refractivity contribution in [3.8, 4) is 5.75 Å². The van der Waals surface area contributed by atoms with E-state index in [0.29, 0.717) is 31.6 Å². The average Bonchev–Trinajstić information content (AvgIpc) is 3.29. The maximum absolute atomic E-state index is 14.1. The standard InChI is InChI=1S/C24H32FN3O7S2/c1-26-36(30,31)21-6-4-5-20(13-21)34-17-19(29)15-27-18-14-24(35-16-18)9-11-28(12-10-24)37(32,33)23-8-3-2-7-22(23)25/h2-8,13,18-19,26-27,29H,9-12,14-17H2,1H3. The molecule has 2 heterocycles. The molecule has 4 rings (SSSR count). The molecule has 2 aromatic carbocycles. The number of nitrogens with one attached hydrogen (secondary N) is 2. The summed E-state index contributed by atoms with van der Waals surface area (Å²) < 4.78 is 78.8. The molecule has 2 atom stereocenters. The highest BCUT2D eigenvalue weighted by atomic mass is 32.2. The van der Waals surface area contributed by atoms with Gasteiger partial charge in [0.1, 0.15) is 29.2 Å². The maximum Gasteiger partial charge on any atom is 0.245 e. The van der Waals surface area contributed by atoms with E-state index in [1.54, 1.807) is 12.1 Å². The van der Waals surface area contributed by atoms with Gasteiger partial charge in [-0.15, -0.1) is 0 Å². The molecule has 1 spiro atoms. The van der Waals surface area contributed by atoms with E-state index in [0.717, 1.165) is 6.07 Å². The van der Waals surface area contributed by atoms with Crippen molar-refractivity contribution < 1.29 is 35.8 Å². The topological polar surface area (TPSA) is 134 Å². The fourth-order valence-corrected chi connectivity index (χ4v) is 6.93. The van der Waals surface area contributed by atoms with Gasteiger partial charge in [-0.05, 0) is 50.6 Å². The third-order valence-electron chi connectivity index (χ3n) is 6.77. The first-order chi connectivity index (χ1) is 17.5. The van der Waals surface area contributed by atoms with Gasteiger partial charge in [0.2, 0.25) is 20.0 Å². The number of hydrogen-bond donors (Lipinski definition) is 3. The van der Waals surface area contributed by atoms with Crippen molar-refractivity contribution in [2.45, 2.75) is 46.8 Å². The maximum atomic E-state index is 14.1. The van der Waals surface area contributed by atoms with E-state index in [1.165, 1.54) is 41.7 Å². The number of nitrogens with zero attached hydrogens (tertiary/aromatic N) is 1. The van der Waals surface area contributed by atoms with Gasteiger partial charge in [-0.25, -0.2) is 25.9 Å². The molecule has 2 aliphatic rings. The molecule has 204 valence electrons. The monoisotopic (exact) mass is 557 g/mol. The van der Waals surface area contributed by atoms with Crippen LogP contribution < -0.4 is 14.8 Å². The summed E-state index contributed by atoms with van der Waals surface area (Å²) in [6.45, 7) is 1.12. The number of hydrogen-bond acceptors (Lipinski definition) is 8. The number of halogens is 1. The predicted molar refractivity (Wildman–Crippen MR) is 134 cm³/mol. The summed E-state index contributed by atoms with van der Waals surface area (Å²) in [6.07, 6.45) is 0.819. The molecule has 2 aromatic rings. The van der Waals surface area contributed by atoms with E-state index < -0.39 is 37.6 Å². The molecule has 37 heavy (non-hydrogen) atoms. The molecule has 0 radical (unpaired) electrons. The van der Waals surface area contributed by atoms with E-state index in [-0.39, 0.29) is 42.1 Å². The number of rotatable bonds is 10. The van der Waals surface area contributed by atoms with Crippen LogP contribution in [0.3, 0.4) is 0 Å². The van der Waals surface area contributed by atoms with Crippen LogP contribution in [0.2, 0.25) is 0 Å². The van der Waals surface area contributed by atoms with Gasteiger partial charge in [0.15, 0.2) is 0 Å². The zero-order valence-corrected chi connectivity index (χ0v) is 22.1. The number of ether oxygens (including phenoxy) is 2. The quantitative estimate of drug-likeness (QED) is 0.395. The Labute approximate surface area is 216 Å². The molecular weight excluding hydrogens is 525 g/mol. The molecule has 0 aliphatic carbocycles. The Balaban J connectivity index is 1.23. The van der Waals surface area contributed by atoms with Crippen LogP contribution in [0.25, 0.3) is 0 Å². The van der Waals surface area contributed by atoms with E-state index in [4.69, 9.17) is 9.47 Å². The van der Waals surface area contributed by atoms with Crippen molar-refractivity contribution in [1.29, 1.82) is 0 Å². The van der Waals surface area contributed by atoms with Gasteiger partial charge in [-0.1, -0.05) is 18.2 Å². The summed E-state index contributed by atoms with van der Waals surface area (Å²) in [5, 5.41) is 13.6. The molecule has 0 bridgehead atoms. The molecule has 2 saturated heterocycles. The Bertz CT molecular complexity index is 1300. The summed E-state index contributed by atoms with van der Waals surface area (Å²) in [5.41, 5.74) is -0.459. The lowest BCUT2D eigenvalue weighted by molar-refractivity contribution is -0.0312. The fourth-order valence-electron chi connectivity index (χ4n) is 4.65. The summed E-state index contributed by atoms with van der Waals surface area (Å²) in [5.74, 6) is -0.432. The molecule has 10 nitrogen and oxygen atoms in total. The second kappa shape index (κ2) is 11.3. The highest BCUT2D eigenvalue weighted by Gasteiger charge is 2.45. The lowest BCUT2D eigenvalue weighted by Crippen LogP contribution is -2.47. The van der Waals surface area contributed by atoms with Gasteiger partial charge in [0.25, 0.3) is 0 Å². The van der Waals surface area contributed by atoms with Crippen molar-refractivity contribution in [3.63, 3.8) is 0 Å². The van der Waals surface area contributed by atoms with E-state index >= 15 is 0 Å². The third-order valence-corrected chi connectivity index (χ3v) is 10.1. The summed E-state index contributed by atoms with van der Waals surface area (Å²) in [4.78, 5) is -0.245. The van der Waals surface area contributed by atoms with Crippen LogP contribution in [-0.4, -0.2) is 83.9 Å². The molecule has 0 amide bonds. The Kier molecular flexibility index (Phi) is 8.53. The van der Waals surface area contributed by atoms with Gasteiger partial charge in [0, 0.05) is 31.7 Å². The lowest BCUT2D eigenvalue weighted by atomic mass is 9.88. The first-order valence-corrected chi connectivity index (χ1v) is 14.9. The molecule has 2 aliphatic heterocycles. The zero-order valence-electron chi connectivity index (χ0n) is 20.5. The fraction of sp³-hybridized carbons (Fsp3) is 0.500. The number of piperidine rings is 1. The zero-order chi connectivity index (χ0) is 26.7. The minimum absolute atomic E-state index is 0.0199. The first kappa shape index (κ1) is 27.9. The lowest BCUT2D eigenvalue weighted by Gasteiger charge is -2.38. The second-order valence-corrected chi connectivity index (χ2v) is 13.1. The smallest absolute Gasteiger partial charge is 0.245 e. The van der Waals surface area contributed by atoms with Gasteiger partial charge >= 0.3 is 0 Å². The van der Waals surface area contributed by atoms with Crippen LogP contribution in [-0.2, 0) is 24.8 Å². The normalized spacial score (nSPS) is 21.2. The van der Waals surface area contributed by atoms with Gasteiger partial charge in [-0.3, -0.25) is 0 Å². The van der Waals surface area contributed by atoms with E-state index in [9.17, 15) is 26.3 Å². The van der Waals surface area contributed by atoms with E-state index in [1.807, 2.05) is 0 Å². The molecular formula is C24H32FN3O7S2. The Morgan fingerprint density at radius 3 is 2.59 bits per heavy atom. The summed E-state index contributed by atoms with van der Waals surface area (Å²) >= 11 is 0. The minimum atomic E-state index is -3.91. The van der Waals surface area contributed by atoms with Crippen LogP contribution in [0.15, 0.2) is 58.3 Å². The third kappa shape index (κ3) is 6.48. The van der Waals surface area contributed by atoms with Crippen LogP contribution in [0, 0.1) is 5.82 Å². The first-order valence-electron chi connectivity index (χ1n) is 12.0. The molecule has 13 heteroatoms. The van der Waals surface area contributed by atoms with Crippen molar-refractivity contribution >= 4 is 20.0 Å². The van der Waals surface area contributed by atoms with Crippen LogP contribution in [0.1, 0.15) is 19.3 Å². The number of sulfonamides is 2. The number of aliphatic hydroxyl groups is 1. The molecule has 2 unspecified atom stereocenters. The van der Waals surface area contributed by atoms with Crippen molar-refractivity contribution in [2.24, 2.45) is 0 Å². The predicted octanol–water partition coefficient (Wildman–Crippen LogP) is 1.08. The van der Waals surface area contributed by atoms with Crippen molar-refractivity contribution in [1.82, 2.24) is 14.3 Å². The van der Waals surface area contributed by atoms with Crippen molar-refractivity contribution in [3.05, 3.63) is 54.3 Å². The minimum Gasteiger partial charge on any atom is -0.491 e. The summed E-state index contributed by atoms with van der Waals surface area (Å²) in [7, 11) is -6.18. The van der Waals surface area contributed by atoms with E-state index in [2.05, 4.69) is 10.0 Å². The molecule has 2 fully saturated rings. The van der Waals surface area contributed by atoms with Gasteiger partial charge in [0.05, 0.1) is 17.1 Å². The molecule has 0 saturated carbocycles. The summed E-state index contributed by atoms with van der Waals surface area (Å²) in [6, 6.07) is 11.4. The van der Waals surface area contributed by atoms with Crippen LogP contribution >= 0.6 is 0 Å². The van der Waals surface area contributed by atoms with Crippen molar-refractivity contribution in [2.75, 3.05) is 39.9 Å². The SMILES string of the molecule is CNS(=O)(=O)c1cccc(OCC(O)CNC2COC3(CCN(S(=O)(=O)c4ccccc4F)CC3)C2)c1. The van der Waals surface area contributed by atoms with Crippen LogP contribution in [0.4, 0.5) is 4.39 Å². The van der Waals surface area contributed by atoms with Crippen LogP contribution in [0.5, 0.6) is 5.75 Å². The Hall–Kier alpha value is -2.13. The number of benzene rings is 2. The van der Waals surface area contributed by atoms with Gasteiger partial charge in [-0.2, -0.15) is 4.31 Å². The average molecular weight is 558 g/mol. The highest BCUT2D eigenvalue weighted by Crippen LogP contribution is 2.37. The Morgan fingerprint density at radius 2 is 1.89 bits per heavy atom. The second-order valence-electron chi connectivity index (χ2n) is 9.29. The van der Waals surface area contributed by atoms with Gasteiger partial charge < -0.3 is 19.9 Å².